The Morgan fingerprint density at radius 2 is 1.72 bits per heavy atom. The lowest BCUT2D eigenvalue weighted by Crippen LogP contribution is -2.43. The molecule has 0 aromatic heterocycles. The molecule has 7 nitrogen and oxygen atoms in total. The summed E-state index contributed by atoms with van der Waals surface area (Å²) in [6.45, 7) is 14.9. The van der Waals surface area contributed by atoms with Crippen LogP contribution in [0, 0.1) is 5.41 Å². The molecule has 1 amide bonds. The molecule has 1 aliphatic heterocycles. The van der Waals surface area contributed by atoms with Crippen LogP contribution in [0.15, 0.2) is 29.3 Å². The molecule has 1 saturated heterocycles. The summed E-state index contributed by atoms with van der Waals surface area (Å²) in [7, 11) is 0. The third kappa shape index (κ3) is 8.41. The molecule has 2 rings (SSSR count). The smallest absolute Gasteiger partial charge is 0.225 e. The van der Waals surface area contributed by atoms with E-state index in [1.165, 1.54) is 11.1 Å². The van der Waals surface area contributed by atoms with Crippen molar-refractivity contribution in [2.75, 3.05) is 45.9 Å². The molecule has 0 atom stereocenters. The average molecular weight is 404 g/mol. The van der Waals surface area contributed by atoms with Gasteiger partial charge in [0.15, 0.2) is 5.96 Å². The maximum absolute atomic E-state index is 12.0. The number of hydrogen-bond donors (Lipinski definition) is 3. The fourth-order valence-electron chi connectivity index (χ4n) is 2.99. The molecule has 0 spiro atoms. The normalized spacial score (nSPS) is 15.8. The summed E-state index contributed by atoms with van der Waals surface area (Å²) >= 11 is 0. The Labute approximate surface area is 175 Å². The maximum atomic E-state index is 12.0. The number of hydrogen-bond acceptors (Lipinski definition) is 4. The van der Waals surface area contributed by atoms with Crippen molar-refractivity contribution in [3.8, 4) is 0 Å². The molecule has 1 aliphatic rings. The van der Waals surface area contributed by atoms with E-state index in [2.05, 4.69) is 45.1 Å². The van der Waals surface area contributed by atoms with E-state index in [1.807, 2.05) is 27.7 Å². The van der Waals surface area contributed by atoms with Gasteiger partial charge in [-0.15, -0.1) is 0 Å². The van der Waals surface area contributed by atoms with Gasteiger partial charge in [0, 0.05) is 44.7 Å². The van der Waals surface area contributed by atoms with Crippen molar-refractivity contribution in [2.45, 2.75) is 40.8 Å². The lowest BCUT2D eigenvalue weighted by atomic mass is 9.96. The zero-order valence-corrected chi connectivity index (χ0v) is 18.4. The van der Waals surface area contributed by atoms with E-state index in [1.54, 1.807) is 0 Å². The highest BCUT2D eigenvalue weighted by atomic mass is 16.5. The number of nitrogens with zero attached hydrogens (tertiary/aromatic N) is 2. The predicted octanol–water partition coefficient (Wildman–Crippen LogP) is 1.74. The zero-order valence-electron chi connectivity index (χ0n) is 18.4. The molecule has 1 heterocycles. The number of rotatable bonds is 8. The number of carbonyl (C=O) groups is 1. The van der Waals surface area contributed by atoms with Crippen LogP contribution in [0.3, 0.4) is 0 Å². The van der Waals surface area contributed by atoms with Gasteiger partial charge in [0.25, 0.3) is 0 Å². The fourth-order valence-corrected chi connectivity index (χ4v) is 2.99. The Morgan fingerprint density at radius 1 is 1.07 bits per heavy atom. The summed E-state index contributed by atoms with van der Waals surface area (Å²) in [5, 5.41) is 9.52. The predicted molar refractivity (Wildman–Crippen MR) is 118 cm³/mol. The molecule has 7 heteroatoms. The maximum Gasteiger partial charge on any atom is 0.225 e. The van der Waals surface area contributed by atoms with E-state index in [0.717, 1.165) is 45.4 Å². The van der Waals surface area contributed by atoms with E-state index >= 15 is 0 Å². The summed E-state index contributed by atoms with van der Waals surface area (Å²) in [4.78, 5) is 19.1. The molecule has 1 aromatic carbocycles. The Hall–Kier alpha value is -2.12. The number of carbonyl (C=O) groups excluding carboxylic acids is 1. The van der Waals surface area contributed by atoms with Crippen molar-refractivity contribution in [3.05, 3.63) is 35.4 Å². The number of nitrogens with one attached hydrogen (secondary N) is 3. The standard InChI is InChI=1S/C22H37N5O2/c1-5-23-21(25-11-10-24-20(28)22(2,3)4)26-16-18-8-6-7-9-19(18)17-27-12-14-29-15-13-27/h6-9H,5,10-17H2,1-4H3,(H,24,28)(H2,23,25,26). The third-order valence-corrected chi connectivity index (χ3v) is 4.75. The van der Waals surface area contributed by atoms with Crippen molar-refractivity contribution >= 4 is 11.9 Å². The van der Waals surface area contributed by atoms with Crippen LogP contribution in [0.4, 0.5) is 0 Å². The summed E-state index contributed by atoms with van der Waals surface area (Å²) in [6, 6.07) is 8.48. The fraction of sp³-hybridized carbons (Fsp3) is 0.636. The van der Waals surface area contributed by atoms with Gasteiger partial charge in [0.2, 0.25) is 5.91 Å². The van der Waals surface area contributed by atoms with Crippen LogP contribution < -0.4 is 16.0 Å². The van der Waals surface area contributed by atoms with Gasteiger partial charge < -0.3 is 20.7 Å². The second-order valence-electron chi connectivity index (χ2n) is 8.29. The lowest BCUT2D eigenvalue weighted by Gasteiger charge is -2.27. The molecule has 162 valence electrons. The largest absolute Gasteiger partial charge is 0.379 e. The van der Waals surface area contributed by atoms with Gasteiger partial charge >= 0.3 is 0 Å². The lowest BCUT2D eigenvalue weighted by molar-refractivity contribution is -0.128. The number of morpholine rings is 1. The molecular formula is C22H37N5O2. The van der Waals surface area contributed by atoms with Gasteiger partial charge in [-0.3, -0.25) is 9.69 Å². The molecule has 0 radical (unpaired) electrons. The van der Waals surface area contributed by atoms with Crippen LogP contribution in [-0.2, 0) is 22.6 Å². The quantitative estimate of drug-likeness (QED) is 0.350. The van der Waals surface area contributed by atoms with Gasteiger partial charge in [-0.25, -0.2) is 4.99 Å². The summed E-state index contributed by atoms with van der Waals surface area (Å²) in [6.07, 6.45) is 0. The molecule has 1 fully saturated rings. The van der Waals surface area contributed by atoms with Crippen molar-refractivity contribution in [2.24, 2.45) is 10.4 Å². The second-order valence-corrected chi connectivity index (χ2v) is 8.29. The minimum Gasteiger partial charge on any atom is -0.379 e. The Morgan fingerprint density at radius 3 is 2.38 bits per heavy atom. The Kier molecular flexibility index (Phi) is 9.41. The van der Waals surface area contributed by atoms with Crippen molar-refractivity contribution in [3.63, 3.8) is 0 Å². The Balaban J connectivity index is 1.89. The molecule has 29 heavy (non-hydrogen) atoms. The molecular weight excluding hydrogens is 366 g/mol. The SMILES string of the molecule is CCNC(=NCc1ccccc1CN1CCOCC1)NCCNC(=O)C(C)(C)C. The van der Waals surface area contributed by atoms with Gasteiger partial charge in [-0.05, 0) is 18.1 Å². The summed E-state index contributed by atoms with van der Waals surface area (Å²) in [5.74, 6) is 0.817. The van der Waals surface area contributed by atoms with Crippen LogP contribution in [0.2, 0.25) is 0 Å². The van der Waals surface area contributed by atoms with Gasteiger partial charge in [0.05, 0.1) is 19.8 Å². The third-order valence-electron chi connectivity index (χ3n) is 4.75. The highest BCUT2D eigenvalue weighted by Crippen LogP contribution is 2.14. The van der Waals surface area contributed by atoms with E-state index in [9.17, 15) is 4.79 Å². The number of amides is 1. The van der Waals surface area contributed by atoms with E-state index in [-0.39, 0.29) is 11.3 Å². The second kappa shape index (κ2) is 11.8. The summed E-state index contributed by atoms with van der Waals surface area (Å²) < 4.78 is 5.45. The van der Waals surface area contributed by atoms with E-state index in [0.29, 0.717) is 19.6 Å². The van der Waals surface area contributed by atoms with Gasteiger partial charge in [-0.1, -0.05) is 45.0 Å². The topological polar surface area (TPSA) is 78.0 Å². The first-order valence-electron chi connectivity index (χ1n) is 10.6. The molecule has 1 aromatic rings. The van der Waals surface area contributed by atoms with Crippen LogP contribution in [0.1, 0.15) is 38.8 Å². The number of guanidine groups is 1. The molecule has 0 unspecified atom stereocenters. The van der Waals surface area contributed by atoms with E-state index < -0.39 is 0 Å². The first kappa shape index (κ1) is 23.2. The molecule has 0 bridgehead atoms. The molecule has 0 aliphatic carbocycles. The van der Waals surface area contributed by atoms with Gasteiger partial charge in [-0.2, -0.15) is 0 Å². The van der Waals surface area contributed by atoms with Crippen LogP contribution in [-0.4, -0.2) is 62.7 Å². The molecule has 3 N–H and O–H groups in total. The monoisotopic (exact) mass is 403 g/mol. The van der Waals surface area contributed by atoms with Crippen molar-refractivity contribution in [1.82, 2.24) is 20.9 Å². The van der Waals surface area contributed by atoms with Gasteiger partial charge in [0.1, 0.15) is 0 Å². The minimum atomic E-state index is -0.372. The summed E-state index contributed by atoms with van der Waals surface area (Å²) in [5.41, 5.74) is 2.17. The highest BCUT2D eigenvalue weighted by molar-refractivity contribution is 5.81. The van der Waals surface area contributed by atoms with E-state index in [4.69, 9.17) is 9.73 Å². The number of benzene rings is 1. The number of aliphatic imine (C=N–C) groups is 1. The average Bonchev–Trinajstić information content (AvgIpc) is 2.70. The van der Waals surface area contributed by atoms with Crippen molar-refractivity contribution in [1.29, 1.82) is 0 Å². The van der Waals surface area contributed by atoms with Crippen LogP contribution in [0.25, 0.3) is 0 Å². The first-order chi connectivity index (χ1) is 13.9. The highest BCUT2D eigenvalue weighted by Gasteiger charge is 2.20. The first-order valence-corrected chi connectivity index (χ1v) is 10.6. The van der Waals surface area contributed by atoms with Crippen LogP contribution >= 0.6 is 0 Å². The Bertz CT molecular complexity index is 663. The number of ether oxygens (including phenoxy) is 1. The van der Waals surface area contributed by atoms with Crippen molar-refractivity contribution < 1.29 is 9.53 Å². The minimum absolute atomic E-state index is 0.0540. The molecule has 0 saturated carbocycles. The zero-order chi connectivity index (χ0) is 21.1. The van der Waals surface area contributed by atoms with Crippen LogP contribution in [0.5, 0.6) is 0 Å².